The van der Waals surface area contributed by atoms with E-state index in [1.54, 1.807) is 50.4 Å². The van der Waals surface area contributed by atoms with E-state index < -0.39 is 18.0 Å². The average Bonchev–Trinajstić information content (AvgIpc) is 3.36. The Bertz CT molecular complexity index is 2010. The van der Waals surface area contributed by atoms with Crippen LogP contribution in [0.4, 0.5) is 0 Å². The second-order valence-electron chi connectivity index (χ2n) is 11.3. The van der Waals surface area contributed by atoms with Gasteiger partial charge in [-0.3, -0.25) is 14.2 Å². The normalized spacial score (nSPS) is 14.4. The Balaban J connectivity index is 1.58. The number of aromatic nitrogens is 1. The van der Waals surface area contributed by atoms with E-state index in [4.69, 9.17) is 23.7 Å². The lowest BCUT2D eigenvalue weighted by atomic mass is 9.95. The Labute approximate surface area is 276 Å². The molecule has 1 aromatic heterocycles. The van der Waals surface area contributed by atoms with Gasteiger partial charge in [-0.15, -0.1) is 0 Å². The molecule has 0 aliphatic carbocycles. The van der Waals surface area contributed by atoms with Crippen LogP contribution in [0.25, 0.3) is 6.08 Å². The molecule has 0 spiro atoms. The van der Waals surface area contributed by atoms with E-state index in [1.807, 2.05) is 50.2 Å². The second-order valence-corrected chi connectivity index (χ2v) is 12.3. The minimum absolute atomic E-state index is 0.106. The highest BCUT2D eigenvalue weighted by Crippen LogP contribution is 2.36. The van der Waals surface area contributed by atoms with Crippen molar-refractivity contribution in [3.8, 4) is 23.0 Å². The van der Waals surface area contributed by atoms with Gasteiger partial charge in [0.1, 0.15) is 6.61 Å². The number of allylic oxidation sites excluding steroid dienone is 1. The van der Waals surface area contributed by atoms with Crippen molar-refractivity contribution in [3.63, 3.8) is 0 Å². The van der Waals surface area contributed by atoms with E-state index in [1.165, 1.54) is 29.9 Å². The maximum Gasteiger partial charge on any atom is 0.338 e. The Morgan fingerprint density at radius 3 is 2.34 bits per heavy atom. The summed E-state index contributed by atoms with van der Waals surface area (Å²) in [7, 11) is 3.01. The summed E-state index contributed by atoms with van der Waals surface area (Å²) in [5, 5.41) is 0. The molecule has 0 radical (unpaired) electrons. The number of benzene rings is 3. The van der Waals surface area contributed by atoms with E-state index in [2.05, 4.69) is 4.99 Å². The Hall–Kier alpha value is -5.16. The summed E-state index contributed by atoms with van der Waals surface area (Å²) in [6.07, 6.45) is 1.75. The fourth-order valence-corrected chi connectivity index (χ4v) is 6.14. The first-order chi connectivity index (χ1) is 22.6. The predicted octanol–water partition coefficient (Wildman–Crippen LogP) is 4.96. The molecular weight excluding hydrogens is 620 g/mol. The molecule has 0 saturated carbocycles. The van der Waals surface area contributed by atoms with Gasteiger partial charge in [0.25, 0.3) is 5.56 Å². The SMILES string of the molecule is COc1cc(/C=c2\sc3n(c2=O)[C@H](c2ccc(OC(C)=O)c(OC)c2)C(C(=O)OCC(C)C)=C(C)N=3)ccc1OCc1ccccc1. The fourth-order valence-electron chi connectivity index (χ4n) is 5.09. The molecule has 1 aliphatic rings. The van der Waals surface area contributed by atoms with Gasteiger partial charge in [0.05, 0.1) is 42.7 Å². The van der Waals surface area contributed by atoms with Crippen LogP contribution in [0.1, 0.15) is 50.4 Å². The van der Waals surface area contributed by atoms with E-state index >= 15 is 0 Å². The van der Waals surface area contributed by atoms with E-state index in [0.29, 0.717) is 38.7 Å². The smallest absolute Gasteiger partial charge is 0.338 e. The number of nitrogens with zero attached hydrogens (tertiary/aromatic N) is 2. The number of ether oxygens (including phenoxy) is 5. The highest BCUT2D eigenvalue weighted by atomic mass is 32.1. The van der Waals surface area contributed by atoms with E-state index in [0.717, 1.165) is 11.1 Å². The minimum Gasteiger partial charge on any atom is -0.493 e. The van der Waals surface area contributed by atoms with Crippen LogP contribution in [0.15, 0.2) is 87.8 Å². The highest BCUT2D eigenvalue weighted by molar-refractivity contribution is 7.07. The van der Waals surface area contributed by atoms with Crippen LogP contribution in [-0.4, -0.2) is 37.3 Å². The van der Waals surface area contributed by atoms with Gasteiger partial charge < -0.3 is 23.7 Å². The van der Waals surface area contributed by atoms with Crippen molar-refractivity contribution in [1.29, 1.82) is 0 Å². The van der Waals surface area contributed by atoms with Gasteiger partial charge in [0.2, 0.25) is 0 Å². The largest absolute Gasteiger partial charge is 0.493 e. The molecule has 11 heteroatoms. The summed E-state index contributed by atoms with van der Waals surface area (Å²) >= 11 is 1.21. The van der Waals surface area contributed by atoms with E-state index in [9.17, 15) is 14.4 Å². The molecule has 0 amide bonds. The number of hydrogen-bond donors (Lipinski definition) is 0. The van der Waals surface area contributed by atoms with Crippen LogP contribution in [0.2, 0.25) is 0 Å². The van der Waals surface area contributed by atoms with Gasteiger partial charge in [-0.1, -0.05) is 67.6 Å². The van der Waals surface area contributed by atoms with Crippen molar-refractivity contribution in [2.45, 2.75) is 40.3 Å². The maximum atomic E-state index is 14.1. The third-order valence-electron chi connectivity index (χ3n) is 7.27. The molecular formula is C36H36N2O8S. The molecule has 0 N–H and O–H groups in total. The molecule has 244 valence electrons. The first kappa shape index (κ1) is 33.2. The molecule has 0 fully saturated rings. The molecule has 3 aromatic carbocycles. The maximum absolute atomic E-state index is 14.1. The summed E-state index contributed by atoms with van der Waals surface area (Å²) in [5.74, 6) is 0.600. The Morgan fingerprint density at radius 1 is 0.957 bits per heavy atom. The van der Waals surface area contributed by atoms with Gasteiger partial charge in [0.15, 0.2) is 27.8 Å². The highest BCUT2D eigenvalue weighted by Gasteiger charge is 2.34. The molecule has 1 atom stereocenters. The van der Waals surface area contributed by atoms with Crippen molar-refractivity contribution in [2.24, 2.45) is 10.9 Å². The van der Waals surface area contributed by atoms with Crippen molar-refractivity contribution in [3.05, 3.63) is 114 Å². The number of fused-ring (bicyclic) bond motifs is 1. The number of methoxy groups -OCH3 is 2. The number of carbonyl (C=O) groups is 2. The lowest BCUT2D eigenvalue weighted by Crippen LogP contribution is -2.40. The van der Waals surface area contributed by atoms with Crippen LogP contribution in [0.5, 0.6) is 23.0 Å². The molecule has 0 saturated heterocycles. The van der Waals surface area contributed by atoms with Crippen molar-refractivity contribution >= 4 is 29.4 Å². The number of esters is 2. The zero-order valence-corrected chi connectivity index (χ0v) is 27.9. The number of hydrogen-bond acceptors (Lipinski definition) is 10. The first-order valence-electron chi connectivity index (χ1n) is 15.0. The van der Waals surface area contributed by atoms with Crippen molar-refractivity contribution in [1.82, 2.24) is 4.57 Å². The Kier molecular flexibility index (Phi) is 10.3. The van der Waals surface area contributed by atoms with Gasteiger partial charge in [-0.05, 0) is 59.9 Å². The van der Waals surface area contributed by atoms with Crippen LogP contribution < -0.4 is 33.8 Å². The first-order valence-corrected chi connectivity index (χ1v) is 15.8. The fraction of sp³-hybridized carbons (Fsp3) is 0.278. The van der Waals surface area contributed by atoms with E-state index in [-0.39, 0.29) is 35.2 Å². The second kappa shape index (κ2) is 14.5. The zero-order valence-electron chi connectivity index (χ0n) is 27.1. The van der Waals surface area contributed by atoms with Crippen molar-refractivity contribution < 1.29 is 33.3 Å². The summed E-state index contributed by atoms with van der Waals surface area (Å²) in [5.41, 5.74) is 2.62. The van der Waals surface area contributed by atoms with Gasteiger partial charge in [-0.25, -0.2) is 9.79 Å². The summed E-state index contributed by atoms with van der Waals surface area (Å²) in [6, 6.07) is 19.3. The molecule has 10 nitrogen and oxygen atoms in total. The molecule has 47 heavy (non-hydrogen) atoms. The number of carbonyl (C=O) groups excluding carboxylic acids is 2. The Morgan fingerprint density at radius 2 is 1.66 bits per heavy atom. The number of rotatable bonds is 11. The molecule has 5 rings (SSSR count). The number of thiazole rings is 1. The lowest BCUT2D eigenvalue weighted by molar-refractivity contribution is -0.140. The standard InChI is InChI=1S/C36H36N2O8S/c1-21(2)19-45-35(41)32-22(3)37-36-38(33(32)26-13-15-28(46-23(4)39)30(18-26)43-6)34(40)31(47-36)17-25-12-14-27(29(16-25)42-5)44-20-24-10-8-7-9-11-24/h7-18,21,33H,19-20H2,1-6H3/b31-17-/t33-/m1/s1. The molecule has 4 aromatic rings. The predicted molar refractivity (Wildman–Crippen MR) is 178 cm³/mol. The third kappa shape index (κ3) is 7.47. The van der Waals surface area contributed by atoms with Crippen molar-refractivity contribution in [2.75, 3.05) is 20.8 Å². The summed E-state index contributed by atoms with van der Waals surface area (Å²) in [4.78, 5) is 44.4. The zero-order chi connectivity index (χ0) is 33.7. The molecule has 0 bridgehead atoms. The summed E-state index contributed by atoms with van der Waals surface area (Å²) in [6.45, 7) is 7.48. The minimum atomic E-state index is -0.878. The molecule has 2 heterocycles. The monoisotopic (exact) mass is 656 g/mol. The van der Waals surface area contributed by atoms with Crippen LogP contribution in [-0.2, 0) is 20.9 Å². The van der Waals surface area contributed by atoms with Gasteiger partial charge in [-0.2, -0.15) is 0 Å². The molecule has 0 unspecified atom stereocenters. The van der Waals surface area contributed by atoms with Crippen LogP contribution in [0, 0.1) is 5.92 Å². The average molecular weight is 657 g/mol. The topological polar surface area (TPSA) is 115 Å². The lowest BCUT2D eigenvalue weighted by Gasteiger charge is -2.25. The quantitative estimate of drug-likeness (QED) is 0.165. The summed E-state index contributed by atoms with van der Waals surface area (Å²) < 4.78 is 29.9. The third-order valence-corrected chi connectivity index (χ3v) is 8.25. The van der Waals surface area contributed by atoms with Gasteiger partial charge >= 0.3 is 11.9 Å². The van der Waals surface area contributed by atoms with Crippen LogP contribution in [0.3, 0.4) is 0 Å². The molecule has 1 aliphatic heterocycles. The van der Waals surface area contributed by atoms with Crippen LogP contribution >= 0.6 is 11.3 Å². The van der Waals surface area contributed by atoms with Gasteiger partial charge in [0, 0.05) is 6.92 Å².